The van der Waals surface area contributed by atoms with E-state index in [0.717, 1.165) is 44.6 Å². The third kappa shape index (κ3) is 2.29. The van der Waals surface area contributed by atoms with Gasteiger partial charge in [-0.25, -0.2) is 0 Å². The van der Waals surface area contributed by atoms with E-state index in [1.165, 1.54) is 0 Å². The molecule has 0 aliphatic heterocycles. The van der Waals surface area contributed by atoms with Crippen LogP contribution in [-0.4, -0.2) is 17.9 Å². The van der Waals surface area contributed by atoms with E-state index in [1.807, 2.05) is 44.2 Å². The molecule has 1 aromatic heterocycles. The number of nitrogens with one attached hydrogen (secondary N) is 1. The van der Waals surface area contributed by atoms with Gasteiger partial charge in [0.05, 0.1) is 18.4 Å². The summed E-state index contributed by atoms with van der Waals surface area (Å²) in [5.41, 5.74) is 5.80. The van der Waals surface area contributed by atoms with E-state index in [4.69, 9.17) is 4.74 Å². The van der Waals surface area contributed by atoms with Crippen molar-refractivity contribution < 1.29 is 9.53 Å². The fraction of sp³-hybridized carbons (Fsp3) is 0.211. The average molecular weight is 293 g/mol. The number of Topliss-reactive ketones (excluding diaryl/α,β-unsaturated/α-hetero) is 1. The maximum absolute atomic E-state index is 12.2. The van der Waals surface area contributed by atoms with E-state index in [0.29, 0.717) is 0 Å². The van der Waals surface area contributed by atoms with Gasteiger partial charge in [-0.15, -0.1) is 0 Å². The van der Waals surface area contributed by atoms with Crippen molar-refractivity contribution in [2.45, 2.75) is 20.8 Å². The van der Waals surface area contributed by atoms with Crippen LogP contribution in [0, 0.1) is 13.8 Å². The lowest BCUT2D eigenvalue weighted by atomic mass is 10.00. The molecule has 112 valence electrons. The van der Waals surface area contributed by atoms with Crippen LogP contribution in [0.15, 0.2) is 36.4 Å². The van der Waals surface area contributed by atoms with Crippen LogP contribution in [0.5, 0.6) is 5.75 Å². The first-order valence-corrected chi connectivity index (χ1v) is 7.29. The number of ketones is 1. The standard InChI is InChI=1S/C19H19NO2/c1-11-5-7-16-15(9-11)18(13(3)21)19(20-16)14-6-8-17(22-4)12(2)10-14/h5-10,20H,1-4H3. The quantitative estimate of drug-likeness (QED) is 0.713. The highest BCUT2D eigenvalue weighted by molar-refractivity contribution is 6.12. The topological polar surface area (TPSA) is 42.1 Å². The highest BCUT2D eigenvalue weighted by Gasteiger charge is 2.17. The van der Waals surface area contributed by atoms with Gasteiger partial charge in [0.25, 0.3) is 0 Å². The highest BCUT2D eigenvalue weighted by atomic mass is 16.5. The molecule has 0 fully saturated rings. The number of H-pyrrole nitrogens is 1. The number of fused-ring (bicyclic) bond motifs is 1. The van der Waals surface area contributed by atoms with Gasteiger partial charge in [-0.3, -0.25) is 4.79 Å². The third-order valence-corrected chi connectivity index (χ3v) is 3.99. The number of benzene rings is 2. The Hall–Kier alpha value is -2.55. The van der Waals surface area contributed by atoms with Crippen molar-refractivity contribution in [3.63, 3.8) is 0 Å². The number of rotatable bonds is 3. The Labute approximate surface area is 129 Å². The summed E-state index contributed by atoms with van der Waals surface area (Å²) in [6.07, 6.45) is 0. The molecule has 1 heterocycles. The Bertz CT molecular complexity index is 875. The number of carbonyl (C=O) groups excluding carboxylic acids is 1. The molecular weight excluding hydrogens is 274 g/mol. The highest BCUT2D eigenvalue weighted by Crippen LogP contribution is 2.33. The molecule has 0 saturated heterocycles. The molecule has 0 unspecified atom stereocenters. The fourth-order valence-corrected chi connectivity index (χ4v) is 2.92. The monoisotopic (exact) mass is 293 g/mol. The summed E-state index contributed by atoms with van der Waals surface area (Å²) in [7, 11) is 1.66. The molecule has 1 N–H and O–H groups in total. The Morgan fingerprint density at radius 1 is 1.09 bits per heavy atom. The Balaban J connectivity index is 2.28. The second-order valence-corrected chi connectivity index (χ2v) is 5.66. The Morgan fingerprint density at radius 2 is 1.86 bits per heavy atom. The number of aromatic amines is 1. The number of hydrogen-bond acceptors (Lipinski definition) is 2. The number of hydrogen-bond donors (Lipinski definition) is 1. The predicted octanol–water partition coefficient (Wildman–Crippen LogP) is 4.66. The minimum absolute atomic E-state index is 0.0697. The second-order valence-electron chi connectivity index (χ2n) is 5.66. The largest absolute Gasteiger partial charge is 0.496 e. The van der Waals surface area contributed by atoms with Crippen LogP contribution in [0.25, 0.3) is 22.2 Å². The summed E-state index contributed by atoms with van der Waals surface area (Å²) in [6.45, 7) is 5.65. The summed E-state index contributed by atoms with van der Waals surface area (Å²) >= 11 is 0. The van der Waals surface area contributed by atoms with Gasteiger partial charge in [0.15, 0.2) is 5.78 Å². The van der Waals surface area contributed by atoms with Crippen molar-refractivity contribution in [1.29, 1.82) is 0 Å². The summed E-state index contributed by atoms with van der Waals surface area (Å²) in [4.78, 5) is 15.6. The molecule has 0 spiro atoms. The van der Waals surface area contributed by atoms with Gasteiger partial charge in [0.1, 0.15) is 5.75 Å². The van der Waals surface area contributed by atoms with E-state index in [-0.39, 0.29) is 5.78 Å². The molecule has 0 aliphatic rings. The first-order valence-electron chi connectivity index (χ1n) is 7.29. The second kappa shape index (κ2) is 5.34. The van der Waals surface area contributed by atoms with E-state index in [2.05, 4.69) is 11.1 Å². The molecule has 0 aliphatic carbocycles. The van der Waals surface area contributed by atoms with E-state index < -0.39 is 0 Å². The minimum atomic E-state index is 0.0697. The molecule has 2 aromatic carbocycles. The summed E-state index contributed by atoms with van der Waals surface area (Å²) < 4.78 is 5.31. The summed E-state index contributed by atoms with van der Waals surface area (Å²) in [6, 6.07) is 12.1. The zero-order chi connectivity index (χ0) is 15.9. The first kappa shape index (κ1) is 14.4. The zero-order valence-electron chi connectivity index (χ0n) is 13.3. The maximum Gasteiger partial charge on any atom is 0.162 e. The molecule has 0 amide bonds. The van der Waals surface area contributed by atoms with Gasteiger partial charge in [-0.2, -0.15) is 0 Å². The molecule has 0 saturated carbocycles. The SMILES string of the molecule is COc1ccc(-c2[nH]c3ccc(C)cc3c2C(C)=O)cc1C. The van der Waals surface area contributed by atoms with Crippen LogP contribution in [0.4, 0.5) is 0 Å². The maximum atomic E-state index is 12.2. The van der Waals surface area contributed by atoms with Gasteiger partial charge < -0.3 is 9.72 Å². The number of ether oxygens (including phenoxy) is 1. The predicted molar refractivity (Wildman–Crippen MR) is 89.8 cm³/mol. The number of aromatic nitrogens is 1. The number of carbonyl (C=O) groups is 1. The van der Waals surface area contributed by atoms with Gasteiger partial charge in [-0.1, -0.05) is 11.6 Å². The van der Waals surface area contributed by atoms with Gasteiger partial charge >= 0.3 is 0 Å². The number of methoxy groups -OCH3 is 1. The third-order valence-electron chi connectivity index (χ3n) is 3.99. The number of aryl methyl sites for hydroxylation is 2. The van der Waals surface area contributed by atoms with Crippen molar-refractivity contribution in [3.05, 3.63) is 53.1 Å². The Morgan fingerprint density at radius 3 is 2.50 bits per heavy atom. The summed E-state index contributed by atoms with van der Waals surface area (Å²) in [5.74, 6) is 0.917. The van der Waals surface area contributed by atoms with Gasteiger partial charge in [0, 0.05) is 10.9 Å². The molecule has 3 aromatic rings. The normalized spacial score (nSPS) is 10.9. The van der Waals surface area contributed by atoms with Crippen molar-refractivity contribution in [1.82, 2.24) is 4.98 Å². The molecule has 0 radical (unpaired) electrons. The van der Waals surface area contributed by atoms with Crippen molar-refractivity contribution in [2.75, 3.05) is 7.11 Å². The molecule has 0 atom stereocenters. The smallest absolute Gasteiger partial charge is 0.162 e. The van der Waals surface area contributed by atoms with Crippen molar-refractivity contribution in [3.8, 4) is 17.0 Å². The zero-order valence-corrected chi connectivity index (χ0v) is 13.3. The van der Waals surface area contributed by atoms with E-state index in [9.17, 15) is 4.79 Å². The lowest BCUT2D eigenvalue weighted by Crippen LogP contribution is -1.95. The molecular formula is C19H19NO2. The lowest BCUT2D eigenvalue weighted by Gasteiger charge is -2.07. The minimum Gasteiger partial charge on any atom is -0.496 e. The van der Waals surface area contributed by atoms with Crippen LogP contribution in [0.1, 0.15) is 28.4 Å². The molecule has 22 heavy (non-hydrogen) atoms. The first-order chi connectivity index (χ1) is 10.5. The van der Waals surface area contributed by atoms with Crippen LogP contribution in [0.3, 0.4) is 0 Å². The molecule has 0 bridgehead atoms. The van der Waals surface area contributed by atoms with E-state index >= 15 is 0 Å². The lowest BCUT2D eigenvalue weighted by molar-refractivity contribution is 0.102. The molecule has 3 rings (SSSR count). The fourth-order valence-electron chi connectivity index (χ4n) is 2.92. The molecule has 3 heteroatoms. The van der Waals surface area contributed by atoms with Crippen LogP contribution in [-0.2, 0) is 0 Å². The Kier molecular flexibility index (Phi) is 3.49. The van der Waals surface area contributed by atoms with Crippen molar-refractivity contribution >= 4 is 16.7 Å². The van der Waals surface area contributed by atoms with Crippen molar-refractivity contribution in [2.24, 2.45) is 0 Å². The molecule has 3 nitrogen and oxygen atoms in total. The summed E-state index contributed by atoms with van der Waals surface area (Å²) in [5, 5.41) is 0.982. The van der Waals surface area contributed by atoms with Gasteiger partial charge in [-0.05, 0) is 62.2 Å². The van der Waals surface area contributed by atoms with Crippen LogP contribution >= 0.6 is 0 Å². The average Bonchev–Trinajstić information content (AvgIpc) is 2.85. The van der Waals surface area contributed by atoms with Crippen LogP contribution in [0.2, 0.25) is 0 Å². The van der Waals surface area contributed by atoms with Gasteiger partial charge in [0.2, 0.25) is 0 Å². The van der Waals surface area contributed by atoms with E-state index in [1.54, 1.807) is 14.0 Å². The van der Waals surface area contributed by atoms with Crippen LogP contribution < -0.4 is 4.74 Å².